The molecule has 1 N–H and O–H groups in total. The summed E-state index contributed by atoms with van der Waals surface area (Å²) in [6, 6.07) is 10.7. The van der Waals surface area contributed by atoms with E-state index in [0.29, 0.717) is 25.6 Å². The second kappa shape index (κ2) is 5.93. The minimum Gasteiger partial charge on any atom is -0.486 e. The van der Waals surface area contributed by atoms with Crippen molar-refractivity contribution >= 4 is 11.8 Å². The second-order valence-electron chi connectivity index (χ2n) is 5.02. The minimum absolute atomic E-state index is 0.0338. The van der Waals surface area contributed by atoms with Gasteiger partial charge in [0.15, 0.2) is 17.2 Å². The summed E-state index contributed by atoms with van der Waals surface area (Å²) in [4.78, 5) is 17.0. The smallest absolute Gasteiger partial charge is 0.354 e. The van der Waals surface area contributed by atoms with Gasteiger partial charge in [-0.05, 0) is 29.8 Å². The zero-order valence-electron chi connectivity index (χ0n) is 12.2. The van der Waals surface area contributed by atoms with Crippen LogP contribution < -0.4 is 14.4 Å². The van der Waals surface area contributed by atoms with Gasteiger partial charge < -0.3 is 19.5 Å². The van der Waals surface area contributed by atoms with Crippen molar-refractivity contribution in [2.45, 2.75) is 6.54 Å². The number of aromatic nitrogens is 1. The molecule has 0 amide bonds. The Labute approximate surface area is 127 Å². The maximum absolute atomic E-state index is 11.0. The van der Waals surface area contributed by atoms with Crippen LogP contribution in [-0.2, 0) is 6.54 Å². The highest BCUT2D eigenvalue weighted by Gasteiger charge is 2.13. The Balaban J connectivity index is 1.77. The van der Waals surface area contributed by atoms with E-state index in [9.17, 15) is 4.79 Å². The molecular weight excluding hydrogens is 284 g/mol. The highest BCUT2D eigenvalue weighted by Crippen LogP contribution is 2.31. The summed E-state index contributed by atoms with van der Waals surface area (Å²) in [6.07, 6.45) is 0. The number of anilines is 1. The quantitative estimate of drug-likeness (QED) is 0.933. The van der Waals surface area contributed by atoms with E-state index in [2.05, 4.69) is 4.98 Å². The lowest BCUT2D eigenvalue weighted by Gasteiger charge is -2.21. The van der Waals surface area contributed by atoms with Gasteiger partial charge in [-0.15, -0.1) is 0 Å². The van der Waals surface area contributed by atoms with Gasteiger partial charge in [0.25, 0.3) is 0 Å². The van der Waals surface area contributed by atoms with E-state index in [-0.39, 0.29) is 5.69 Å². The molecule has 3 rings (SSSR count). The molecule has 1 aromatic carbocycles. The van der Waals surface area contributed by atoms with Gasteiger partial charge in [-0.2, -0.15) is 0 Å². The number of rotatable bonds is 4. The molecule has 0 atom stereocenters. The Morgan fingerprint density at radius 1 is 1.23 bits per heavy atom. The van der Waals surface area contributed by atoms with Gasteiger partial charge in [-0.1, -0.05) is 12.1 Å². The summed E-state index contributed by atoms with van der Waals surface area (Å²) < 4.78 is 11.1. The van der Waals surface area contributed by atoms with E-state index in [4.69, 9.17) is 14.6 Å². The molecule has 2 aromatic rings. The largest absolute Gasteiger partial charge is 0.486 e. The normalized spacial score (nSPS) is 12.8. The molecule has 0 bridgehead atoms. The number of ether oxygens (including phenoxy) is 2. The Hall–Kier alpha value is -2.76. The van der Waals surface area contributed by atoms with E-state index in [1.807, 2.05) is 30.1 Å². The maximum Gasteiger partial charge on any atom is 0.354 e. The molecule has 1 aliphatic rings. The standard InChI is InChI=1S/C16H16N2O4/c1-18(15-4-2-3-12(17-15)16(19)20)10-11-5-6-13-14(9-11)22-8-7-21-13/h2-6,9H,7-8,10H2,1H3,(H,19,20). The SMILES string of the molecule is CN(Cc1ccc2c(c1)OCCO2)c1cccc(C(=O)O)n1. The highest BCUT2D eigenvalue weighted by molar-refractivity contribution is 5.85. The van der Waals surface area contributed by atoms with Crippen LogP contribution in [0.25, 0.3) is 0 Å². The third-order valence-electron chi connectivity index (χ3n) is 3.37. The number of benzene rings is 1. The number of carboxylic acids is 1. The molecule has 22 heavy (non-hydrogen) atoms. The van der Waals surface area contributed by atoms with Crippen molar-refractivity contribution in [1.82, 2.24) is 4.98 Å². The average molecular weight is 300 g/mol. The van der Waals surface area contributed by atoms with Crippen LogP contribution in [0.15, 0.2) is 36.4 Å². The fourth-order valence-corrected chi connectivity index (χ4v) is 2.30. The van der Waals surface area contributed by atoms with Crippen LogP contribution in [0.3, 0.4) is 0 Å². The molecule has 0 spiro atoms. The van der Waals surface area contributed by atoms with Gasteiger partial charge in [0.2, 0.25) is 0 Å². The van der Waals surface area contributed by atoms with E-state index in [1.54, 1.807) is 12.1 Å². The number of aromatic carboxylic acids is 1. The Bertz CT molecular complexity index is 702. The number of carboxylic acid groups (broad SMARTS) is 1. The molecule has 0 saturated heterocycles. The van der Waals surface area contributed by atoms with Gasteiger partial charge in [-0.25, -0.2) is 9.78 Å². The summed E-state index contributed by atoms with van der Waals surface area (Å²) in [6.45, 7) is 1.71. The summed E-state index contributed by atoms with van der Waals surface area (Å²) in [5, 5.41) is 9.00. The van der Waals surface area contributed by atoms with Gasteiger partial charge in [0, 0.05) is 13.6 Å². The third-order valence-corrected chi connectivity index (χ3v) is 3.37. The van der Waals surface area contributed by atoms with Gasteiger partial charge in [0.05, 0.1) is 0 Å². The lowest BCUT2D eigenvalue weighted by atomic mass is 10.2. The predicted octanol–water partition coefficient (Wildman–Crippen LogP) is 2.19. The van der Waals surface area contributed by atoms with Crippen LogP contribution in [0, 0.1) is 0 Å². The molecule has 1 aromatic heterocycles. The third kappa shape index (κ3) is 2.95. The molecule has 6 heteroatoms. The van der Waals surface area contributed by atoms with Crippen molar-refractivity contribution in [3.05, 3.63) is 47.7 Å². The van der Waals surface area contributed by atoms with Crippen molar-refractivity contribution in [2.75, 3.05) is 25.2 Å². The lowest BCUT2D eigenvalue weighted by Crippen LogP contribution is -2.19. The summed E-state index contributed by atoms with van der Waals surface area (Å²) >= 11 is 0. The molecule has 2 heterocycles. The van der Waals surface area contributed by atoms with E-state index >= 15 is 0 Å². The van der Waals surface area contributed by atoms with Crippen LogP contribution in [0.2, 0.25) is 0 Å². The molecular formula is C16H16N2O4. The molecule has 1 aliphatic heterocycles. The number of hydrogen-bond acceptors (Lipinski definition) is 5. The van der Waals surface area contributed by atoms with Crippen LogP contribution in [0.1, 0.15) is 16.1 Å². The Kier molecular flexibility index (Phi) is 3.82. The number of hydrogen-bond donors (Lipinski definition) is 1. The molecule has 6 nitrogen and oxygen atoms in total. The second-order valence-corrected chi connectivity index (χ2v) is 5.02. The first-order chi connectivity index (χ1) is 10.6. The molecule has 0 aliphatic carbocycles. The number of fused-ring (bicyclic) bond motifs is 1. The maximum atomic E-state index is 11.0. The van der Waals surface area contributed by atoms with Crippen molar-refractivity contribution in [2.24, 2.45) is 0 Å². The molecule has 0 radical (unpaired) electrons. The van der Waals surface area contributed by atoms with E-state index < -0.39 is 5.97 Å². The van der Waals surface area contributed by atoms with Gasteiger partial charge in [0.1, 0.15) is 19.0 Å². The lowest BCUT2D eigenvalue weighted by molar-refractivity contribution is 0.0690. The first kappa shape index (κ1) is 14.2. The van der Waals surface area contributed by atoms with Crippen LogP contribution >= 0.6 is 0 Å². The van der Waals surface area contributed by atoms with Gasteiger partial charge in [-0.3, -0.25) is 0 Å². The van der Waals surface area contributed by atoms with Gasteiger partial charge >= 0.3 is 5.97 Å². The number of nitrogens with zero attached hydrogens (tertiary/aromatic N) is 2. The fourth-order valence-electron chi connectivity index (χ4n) is 2.30. The first-order valence-electron chi connectivity index (χ1n) is 6.93. The number of pyridine rings is 1. The zero-order chi connectivity index (χ0) is 15.5. The number of carbonyl (C=O) groups is 1. The molecule has 114 valence electrons. The van der Waals surface area contributed by atoms with Crippen LogP contribution in [0.4, 0.5) is 5.82 Å². The monoisotopic (exact) mass is 300 g/mol. The summed E-state index contributed by atoms with van der Waals surface area (Å²) in [5.41, 5.74) is 1.07. The van der Waals surface area contributed by atoms with Crippen molar-refractivity contribution in [1.29, 1.82) is 0 Å². The van der Waals surface area contributed by atoms with E-state index in [0.717, 1.165) is 17.1 Å². The van der Waals surface area contributed by atoms with Crippen molar-refractivity contribution in [3.8, 4) is 11.5 Å². The average Bonchev–Trinajstić information content (AvgIpc) is 2.55. The first-order valence-corrected chi connectivity index (χ1v) is 6.93. The molecule has 0 saturated carbocycles. The van der Waals surface area contributed by atoms with Crippen LogP contribution in [0.5, 0.6) is 11.5 Å². The van der Waals surface area contributed by atoms with Crippen LogP contribution in [-0.4, -0.2) is 36.3 Å². The topological polar surface area (TPSA) is 71.9 Å². The summed E-state index contributed by atoms with van der Waals surface area (Å²) in [7, 11) is 1.87. The Morgan fingerprint density at radius 3 is 2.77 bits per heavy atom. The minimum atomic E-state index is -1.03. The van der Waals surface area contributed by atoms with E-state index in [1.165, 1.54) is 6.07 Å². The Morgan fingerprint density at radius 2 is 2.00 bits per heavy atom. The summed E-state index contributed by atoms with van der Waals surface area (Å²) in [5.74, 6) is 1.07. The highest BCUT2D eigenvalue weighted by atomic mass is 16.6. The van der Waals surface area contributed by atoms with Crippen molar-refractivity contribution in [3.63, 3.8) is 0 Å². The zero-order valence-corrected chi connectivity index (χ0v) is 12.2. The van der Waals surface area contributed by atoms with Crippen molar-refractivity contribution < 1.29 is 19.4 Å². The molecule has 0 fully saturated rings. The fraction of sp³-hybridized carbons (Fsp3) is 0.250. The molecule has 0 unspecified atom stereocenters. The predicted molar refractivity (Wildman–Crippen MR) is 80.7 cm³/mol.